The zero-order valence-electron chi connectivity index (χ0n) is 12.3. The Morgan fingerprint density at radius 3 is 2.38 bits per heavy atom. The minimum atomic E-state index is -0.669. The highest BCUT2D eigenvalue weighted by Crippen LogP contribution is 2.31. The Hall–Kier alpha value is -2.01. The fraction of sp³-hybridized carbons (Fsp3) is 0.333. The third-order valence-corrected chi connectivity index (χ3v) is 3.14. The number of nitrogens with zero attached hydrogens (tertiary/aromatic N) is 1. The molecular formula is C15H16ClNO4. The van der Waals surface area contributed by atoms with Crippen LogP contribution in [0.4, 0.5) is 4.79 Å². The molecule has 0 saturated carbocycles. The van der Waals surface area contributed by atoms with Gasteiger partial charge in [0.15, 0.2) is 0 Å². The van der Waals surface area contributed by atoms with Crippen LogP contribution in [0.15, 0.2) is 24.3 Å². The summed E-state index contributed by atoms with van der Waals surface area (Å²) in [4.78, 5) is 24.2. The van der Waals surface area contributed by atoms with Crippen LogP contribution in [0.5, 0.6) is 0 Å². The lowest BCUT2D eigenvalue weighted by molar-refractivity contribution is 0.0545. The van der Waals surface area contributed by atoms with Crippen molar-refractivity contribution in [2.45, 2.75) is 26.4 Å². The first-order valence-corrected chi connectivity index (χ1v) is 6.74. The van der Waals surface area contributed by atoms with Crippen molar-refractivity contribution in [2.75, 3.05) is 7.11 Å². The van der Waals surface area contributed by atoms with Crippen molar-refractivity contribution in [3.63, 3.8) is 0 Å². The van der Waals surface area contributed by atoms with Crippen LogP contribution in [0.1, 0.15) is 31.1 Å². The van der Waals surface area contributed by atoms with Crippen molar-refractivity contribution in [1.29, 1.82) is 0 Å². The molecular weight excluding hydrogens is 294 g/mol. The number of halogens is 1. The molecule has 2 rings (SSSR count). The lowest BCUT2D eigenvalue weighted by atomic mass is 10.2. The fourth-order valence-corrected chi connectivity index (χ4v) is 2.33. The summed E-state index contributed by atoms with van der Waals surface area (Å²) in [6.07, 6.45) is -0.640. The maximum absolute atomic E-state index is 12.3. The second-order valence-electron chi connectivity index (χ2n) is 5.49. The maximum Gasteiger partial charge on any atom is 0.420 e. The van der Waals surface area contributed by atoms with Gasteiger partial charge < -0.3 is 9.47 Å². The predicted molar refractivity (Wildman–Crippen MR) is 79.9 cm³/mol. The van der Waals surface area contributed by atoms with E-state index in [9.17, 15) is 9.59 Å². The predicted octanol–water partition coefficient (Wildman–Crippen LogP) is 3.86. The summed E-state index contributed by atoms with van der Waals surface area (Å²) in [5, 5.41) is 0.525. The number of rotatable bonds is 1. The highest BCUT2D eigenvalue weighted by molar-refractivity contribution is 6.36. The minimum Gasteiger partial charge on any atom is -0.465 e. The number of carbonyl (C=O) groups is 2. The van der Waals surface area contributed by atoms with Crippen LogP contribution in [0.25, 0.3) is 10.9 Å². The zero-order chi connectivity index (χ0) is 15.8. The molecule has 0 N–H and O–H groups in total. The van der Waals surface area contributed by atoms with Gasteiger partial charge in [-0.2, -0.15) is 0 Å². The number of carbonyl (C=O) groups excluding carboxylic acids is 2. The summed E-state index contributed by atoms with van der Waals surface area (Å²) in [5.41, 5.74) is -0.0187. The van der Waals surface area contributed by atoms with E-state index in [2.05, 4.69) is 0 Å². The Balaban J connectivity index is 2.67. The number of esters is 1. The van der Waals surface area contributed by atoms with E-state index < -0.39 is 17.7 Å². The molecule has 0 atom stereocenters. The molecule has 0 aliphatic heterocycles. The van der Waals surface area contributed by atoms with Crippen LogP contribution in [0, 0.1) is 0 Å². The number of hydrogen-bond donors (Lipinski definition) is 0. The van der Waals surface area contributed by atoms with Crippen LogP contribution in [-0.2, 0) is 9.47 Å². The SMILES string of the molecule is COC(=O)c1c(Cl)n(C(=O)OC(C)(C)C)c2ccccc12. The van der Waals surface area contributed by atoms with E-state index >= 15 is 0 Å². The van der Waals surface area contributed by atoms with Crippen LogP contribution < -0.4 is 0 Å². The highest BCUT2D eigenvalue weighted by Gasteiger charge is 2.27. The Morgan fingerprint density at radius 1 is 1.19 bits per heavy atom. The van der Waals surface area contributed by atoms with Gasteiger partial charge in [-0.1, -0.05) is 29.8 Å². The molecule has 1 aromatic heterocycles. The van der Waals surface area contributed by atoms with Crippen molar-refractivity contribution in [3.05, 3.63) is 35.0 Å². The Bertz CT molecular complexity index is 712. The third-order valence-electron chi connectivity index (χ3n) is 2.78. The van der Waals surface area contributed by atoms with Crippen molar-refractivity contribution < 1.29 is 19.1 Å². The first kappa shape index (κ1) is 15.4. The van der Waals surface area contributed by atoms with Crippen LogP contribution in [-0.4, -0.2) is 29.3 Å². The molecule has 1 aromatic carbocycles. The molecule has 0 spiro atoms. The average molecular weight is 310 g/mol. The van der Waals surface area contributed by atoms with E-state index in [1.165, 1.54) is 11.7 Å². The summed E-state index contributed by atoms with van der Waals surface area (Å²) in [6, 6.07) is 6.90. The van der Waals surface area contributed by atoms with Crippen molar-refractivity contribution >= 4 is 34.6 Å². The number of para-hydroxylation sites is 1. The molecule has 0 aliphatic rings. The van der Waals surface area contributed by atoms with E-state index in [1.807, 2.05) is 0 Å². The standard InChI is InChI=1S/C15H16ClNO4/c1-15(2,3)21-14(19)17-10-8-6-5-7-9(10)11(12(17)16)13(18)20-4/h5-8H,1-4H3. The molecule has 0 bridgehead atoms. The van der Waals surface area contributed by atoms with Gasteiger partial charge in [0.05, 0.1) is 12.6 Å². The van der Waals surface area contributed by atoms with Gasteiger partial charge in [0.25, 0.3) is 0 Å². The van der Waals surface area contributed by atoms with E-state index in [-0.39, 0.29) is 10.7 Å². The van der Waals surface area contributed by atoms with E-state index in [0.717, 1.165) is 0 Å². The van der Waals surface area contributed by atoms with Gasteiger partial charge in [0, 0.05) is 5.39 Å². The highest BCUT2D eigenvalue weighted by atomic mass is 35.5. The molecule has 0 radical (unpaired) electrons. The van der Waals surface area contributed by atoms with Gasteiger partial charge >= 0.3 is 12.1 Å². The lowest BCUT2D eigenvalue weighted by Gasteiger charge is -2.20. The molecule has 0 saturated heterocycles. The molecule has 112 valence electrons. The number of ether oxygens (including phenoxy) is 2. The monoisotopic (exact) mass is 309 g/mol. The second kappa shape index (κ2) is 5.41. The van der Waals surface area contributed by atoms with Gasteiger partial charge in [0.1, 0.15) is 16.3 Å². The first-order valence-electron chi connectivity index (χ1n) is 6.37. The summed E-state index contributed by atoms with van der Waals surface area (Å²) < 4.78 is 11.2. The number of aromatic nitrogens is 1. The van der Waals surface area contributed by atoms with Gasteiger partial charge in [-0.15, -0.1) is 0 Å². The molecule has 0 amide bonds. The van der Waals surface area contributed by atoms with Crippen LogP contribution in [0.3, 0.4) is 0 Å². The van der Waals surface area contributed by atoms with E-state index in [0.29, 0.717) is 10.9 Å². The van der Waals surface area contributed by atoms with Gasteiger partial charge in [-0.25, -0.2) is 14.2 Å². The maximum atomic E-state index is 12.3. The Kier molecular flexibility index (Phi) is 3.96. The normalized spacial score (nSPS) is 11.5. The molecule has 5 nitrogen and oxygen atoms in total. The Labute approximate surface area is 127 Å². The fourth-order valence-electron chi connectivity index (χ4n) is 1.99. The van der Waals surface area contributed by atoms with Crippen molar-refractivity contribution in [2.24, 2.45) is 0 Å². The van der Waals surface area contributed by atoms with E-state index in [1.54, 1.807) is 45.0 Å². The molecule has 0 unspecified atom stereocenters. The van der Waals surface area contributed by atoms with Gasteiger partial charge in [-0.05, 0) is 26.8 Å². The largest absolute Gasteiger partial charge is 0.465 e. The first-order chi connectivity index (χ1) is 9.76. The molecule has 21 heavy (non-hydrogen) atoms. The second-order valence-corrected chi connectivity index (χ2v) is 5.85. The molecule has 2 aromatic rings. The van der Waals surface area contributed by atoms with Crippen LogP contribution >= 0.6 is 11.6 Å². The third kappa shape index (κ3) is 2.88. The van der Waals surface area contributed by atoms with Gasteiger partial charge in [-0.3, -0.25) is 0 Å². The van der Waals surface area contributed by atoms with Crippen molar-refractivity contribution in [3.8, 4) is 0 Å². The lowest BCUT2D eigenvalue weighted by Crippen LogP contribution is -2.27. The number of benzene rings is 1. The zero-order valence-corrected chi connectivity index (χ0v) is 13.0. The van der Waals surface area contributed by atoms with Crippen LogP contribution in [0.2, 0.25) is 5.15 Å². The number of hydrogen-bond acceptors (Lipinski definition) is 4. The summed E-state index contributed by atoms with van der Waals surface area (Å²) >= 11 is 6.21. The topological polar surface area (TPSA) is 57.5 Å². The quantitative estimate of drug-likeness (QED) is 0.750. The minimum absolute atomic E-state index is 0.0164. The molecule has 1 heterocycles. The number of methoxy groups -OCH3 is 1. The summed E-state index contributed by atoms with van der Waals surface area (Å²) in [5.74, 6) is -0.599. The molecule has 6 heteroatoms. The summed E-state index contributed by atoms with van der Waals surface area (Å²) in [6.45, 7) is 5.27. The van der Waals surface area contributed by atoms with Gasteiger partial charge in [0.2, 0.25) is 0 Å². The average Bonchev–Trinajstić information content (AvgIpc) is 2.68. The molecule has 0 aliphatic carbocycles. The van der Waals surface area contributed by atoms with E-state index in [4.69, 9.17) is 21.1 Å². The number of fused-ring (bicyclic) bond motifs is 1. The smallest absolute Gasteiger partial charge is 0.420 e. The summed E-state index contributed by atoms with van der Waals surface area (Å²) in [7, 11) is 1.26. The molecule has 0 fully saturated rings. The van der Waals surface area contributed by atoms with Crippen molar-refractivity contribution in [1.82, 2.24) is 4.57 Å². The Morgan fingerprint density at radius 2 is 1.81 bits per heavy atom.